The minimum atomic E-state index is -0.175. The molecule has 0 fully saturated rings. The van der Waals surface area contributed by atoms with Gasteiger partial charge in [-0.3, -0.25) is 5.10 Å². The van der Waals surface area contributed by atoms with Crippen molar-refractivity contribution < 1.29 is 9.90 Å². The zero-order valence-corrected chi connectivity index (χ0v) is 7.68. The van der Waals surface area contributed by atoms with Crippen molar-refractivity contribution in [2.75, 3.05) is 0 Å². The summed E-state index contributed by atoms with van der Waals surface area (Å²) in [5, 5.41) is 14.5. The van der Waals surface area contributed by atoms with E-state index in [2.05, 4.69) is 22.4 Å². The number of ketones is 1. The second kappa shape index (κ2) is 5.42. The number of carbonyl (C=O) groups is 1. The van der Waals surface area contributed by atoms with E-state index in [0.29, 0.717) is 5.69 Å². The Morgan fingerprint density at radius 3 is 2.33 bits per heavy atom. The van der Waals surface area contributed by atoms with Crippen LogP contribution in [0.3, 0.4) is 0 Å². The SMILES string of the molecule is CC(C)=O.OC(=S)c1cc[nH]n1. The van der Waals surface area contributed by atoms with Crippen molar-refractivity contribution in [1.29, 1.82) is 0 Å². The van der Waals surface area contributed by atoms with E-state index in [1.54, 1.807) is 12.3 Å². The van der Waals surface area contributed by atoms with Gasteiger partial charge in [0.25, 0.3) is 0 Å². The Morgan fingerprint density at radius 1 is 1.67 bits per heavy atom. The number of carbonyl (C=O) groups excluding carboxylic acids is 1. The molecule has 12 heavy (non-hydrogen) atoms. The van der Waals surface area contributed by atoms with Gasteiger partial charge in [0, 0.05) is 6.20 Å². The molecule has 0 amide bonds. The molecule has 0 unspecified atom stereocenters. The summed E-state index contributed by atoms with van der Waals surface area (Å²) in [6, 6.07) is 1.60. The van der Waals surface area contributed by atoms with Crippen LogP contribution in [0.25, 0.3) is 0 Å². The number of hydrogen-bond acceptors (Lipinski definition) is 3. The molecule has 0 aliphatic rings. The number of nitrogens with zero attached hydrogens (tertiary/aromatic N) is 1. The topological polar surface area (TPSA) is 66.0 Å². The van der Waals surface area contributed by atoms with Crippen LogP contribution in [0, 0.1) is 0 Å². The molecule has 1 aromatic rings. The molecule has 0 atom stereocenters. The second-order valence-electron chi connectivity index (χ2n) is 2.17. The first-order valence-corrected chi connectivity index (χ1v) is 3.65. The average molecular weight is 186 g/mol. The van der Waals surface area contributed by atoms with E-state index in [1.807, 2.05) is 0 Å². The van der Waals surface area contributed by atoms with Crippen molar-refractivity contribution in [3.05, 3.63) is 18.0 Å². The van der Waals surface area contributed by atoms with Gasteiger partial charge in [0.05, 0.1) is 0 Å². The third-order valence-electron chi connectivity index (χ3n) is 0.720. The number of aliphatic hydroxyl groups is 1. The van der Waals surface area contributed by atoms with Gasteiger partial charge in [0.15, 0.2) is 0 Å². The molecular weight excluding hydrogens is 176 g/mol. The molecule has 0 saturated carbocycles. The summed E-state index contributed by atoms with van der Waals surface area (Å²) in [6.07, 6.45) is 1.60. The minimum Gasteiger partial charge on any atom is -0.497 e. The first-order valence-electron chi connectivity index (χ1n) is 3.24. The van der Waals surface area contributed by atoms with Crippen molar-refractivity contribution in [1.82, 2.24) is 10.2 Å². The summed E-state index contributed by atoms with van der Waals surface area (Å²) in [7, 11) is 0. The maximum absolute atomic E-state index is 9.44. The third-order valence-corrected chi connectivity index (χ3v) is 0.929. The van der Waals surface area contributed by atoms with E-state index >= 15 is 0 Å². The Kier molecular flexibility index (Phi) is 4.87. The van der Waals surface area contributed by atoms with Gasteiger partial charge in [-0.15, -0.1) is 0 Å². The molecule has 1 aromatic heterocycles. The largest absolute Gasteiger partial charge is 0.497 e. The Hall–Kier alpha value is -1.23. The van der Waals surface area contributed by atoms with Crippen LogP contribution in [-0.4, -0.2) is 26.1 Å². The summed E-state index contributed by atoms with van der Waals surface area (Å²) in [4.78, 5) is 9.44. The zero-order valence-electron chi connectivity index (χ0n) is 6.87. The molecule has 0 saturated heterocycles. The van der Waals surface area contributed by atoms with Crippen LogP contribution in [0.2, 0.25) is 0 Å². The Labute approximate surface area is 75.6 Å². The molecule has 0 aliphatic heterocycles. The van der Waals surface area contributed by atoms with Crippen LogP contribution in [0.15, 0.2) is 12.3 Å². The number of aromatic amines is 1. The first kappa shape index (κ1) is 10.8. The number of hydrogen-bond donors (Lipinski definition) is 2. The fraction of sp³-hybridized carbons (Fsp3) is 0.286. The maximum Gasteiger partial charge on any atom is 0.209 e. The van der Waals surface area contributed by atoms with Gasteiger partial charge in [0.2, 0.25) is 5.05 Å². The number of nitrogens with one attached hydrogen (secondary N) is 1. The lowest BCUT2D eigenvalue weighted by atomic mass is 10.5. The van der Waals surface area contributed by atoms with Gasteiger partial charge in [-0.05, 0) is 32.1 Å². The van der Waals surface area contributed by atoms with Crippen molar-refractivity contribution in [2.45, 2.75) is 13.8 Å². The van der Waals surface area contributed by atoms with E-state index in [0.717, 1.165) is 0 Å². The fourth-order valence-electron chi connectivity index (χ4n) is 0.379. The molecule has 0 spiro atoms. The normalized spacial score (nSPS) is 8.17. The minimum absolute atomic E-state index is 0.167. The van der Waals surface area contributed by atoms with Crippen LogP contribution in [-0.2, 0) is 4.79 Å². The standard InChI is InChI=1S/C4H4N2OS.C3H6O/c7-4(8)3-1-2-5-6-3;1-3(2)4/h1-2H,(H,5,6)(H,7,8);1-2H3. The molecule has 1 heterocycles. The summed E-state index contributed by atoms with van der Waals surface area (Å²) in [5.74, 6) is 0.167. The summed E-state index contributed by atoms with van der Waals surface area (Å²) >= 11 is 4.39. The van der Waals surface area contributed by atoms with Gasteiger partial charge in [-0.2, -0.15) is 5.10 Å². The van der Waals surface area contributed by atoms with E-state index in [9.17, 15) is 4.79 Å². The summed E-state index contributed by atoms with van der Waals surface area (Å²) < 4.78 is 0. The highest BCUT2D eigenvalue weighted by Crippen LogP contribution is 1.90. The van der Waals surface area contributed by atoms with E-state index in [1.165, 1.54) is 13.8 Å². The predicted molar refractivity (Wildman–Crippen MR) is 49.3 cm³/mol. The summed E-state index contributed by atoms with van der Waals surface area (Å²) in [5.41, 5.74) is 0.417. The Balaban J connectivity index is 0.000000261. The number of aromatic nitrogens is 2. The molecule has 1 rings (SSSR count). The number of H-pyrrole nitrogens is 1. The van der Waals surface area contributed by atoms with Crippen LogP contribution >= 0.6 is 12.2 Å². The molecule has 4 nitrogen and oxygen atoms in total. The summed E-state index contributed by atoms with van der Waals surface area (Å²) in [6.45, 7) is 3.06. The van der Waals surface area contributed by atoms with Gasteiger partial charge in [-0.25, -0.2) is 0 Å². The van der Waals surface area contributed by atoms with Crippen molar-refractivity contribution in [3.63, 3.8) is 0 Å². The molecule has 0 radical (unpaired) electrons. The lowest BCUT2D eigenvalue weighted by Gasteiger charge is -1.81. The van der Waals surface area contributed by atoms with Gasteiger partial charge >= 0.3 is 0 Å². The van der Waals surface area contributed by atoms with Crippen LogP contribution in [0.5, 0.6) is 0 Å². The molecule has 66 valence electrons. The second-order valence-corrected chi connectivity index (χ2v) is 2.56. The van der Waals surface area contributed by atoms with E-state index < -0.39 is 0 Å². The molecule has 0 aliphatic carbocycles. The lowest BCUT2D eigenvalue weighted by molar-refractivity contribution is -0.114. The molecule has 5 heteroatoms. The van der Waals surface area contributed by atoms with Crippen molar-refractivity contribution in [2.24, 2.45) is 0 Å². The van der Waals surface area contributed by atoms with E-state index in [4.69, 9.17) is 5.11 Å². The monoisotopic (exact) mass is 186 g/mol. The third kappa shape index (κ3) is 5.55. The van der Waals surface area contributed by atoms with Gasteiger partial charge < -0.3 is 9.90 Å². The molecule has 0 aromatic carbocycles. The number of rotatable bonds is 1. The smallest absolute Gasteiger partial charge is 0.209 e. The maximum atomic E-state index is 9.44. The average Bonchev–Trinajstić information content (AvgIpc) is 2.34. The fourth-order valence-corrected chi connectivity index (χ4v) is 0.493. The highest BCUT2D eigenvalue weighted by atomic mass is 32.1. The van der Waals surface area contributed by atoms with Crippen LogP contribution in [0.4, 0.5) is 0 Å². The molecule has 2 N–H and O–H groups in total. The van der Waals surface area contributed by atoms with Crippen molar-refractivity contribution >= 4 is 23.1 Å². The number of thiocarbonyl (C=S) groups is 1. The van der Waals surface area contributed by atoms with E-state index in [-0.39, 0.29) is 10.8 Å². The van der Waals surface area contributed by atoms with Crippen molar-refractivity contribution in [3.8, 4) is 0 Å². The molecular formula is C7H10N2O2S. The number of aliphatic hydroxyl groups excluding tert-OH is 1. The Morgan fingerprint density at radius 2 is 2.17 bits per heavy atom. The molecule has 0 bridgehead atoms. The lowest BCUT2D eigenvalue weighted by Crippen LogP contribution is -1.93. The highest BCUT2D eigenvalue weighted by Gasteiger charge is 1.95. The van der Waals surface area contributed by atoms with Crippen LogP contribution in [0.1, 0.15) is 19.5 Å². The zero-order chi connectivity index (χ0) is 9.56. The highest BCUT2D eigenvalue weighted by molar-refractivity contribution is 7.80. The predicted octanol–water partition coefficient (Wildman–Crippen LogP) is 1.24. The first-order chi connectivity index (χ1) is 5.54. The quantitative estimate of drug-likeness (QED) is 0.647. The van der Waals surface area contributed by atoms with Crippen LogP contribution < -0.4 is 0 Å². The number of Topliss-reactive ketones (excluding diaryl/α,β-unsaturated/α-hetero) is 1. The van der Waals surface area contributed by atoms with Gasteiger partial charge in [0.1, 0.15) is 11.5 Å². The van der Waals surface area contributed by atoms with Gasteiger partial charge in [-0.1, -0.05) is 0 Å². The Bertz CT molecular complexity index is 252.